The molecule has 11 rings (SSSR count). The van der Waals surface area contributed by atoms with Gasteiger partial charge in [-0.25, -0.2) is 0 Å². The minimum absolute atomic E-state index is 0.585. The number of rotatable bonds is 1. The van der Waals surface area contributed by atoms with E-state index in [4.69, 9.17) is 0 Å². The maximum absolute atomic E-state index is 2.51. The van der Waals surface area contributed by atoms with E-state index in [1.165, 1.54) is 94.3 Å². The molecule has 0 amide bonds. The Balaban J connectivity index is 1.43. The molecular weight excluding hydrogens is 603 g/mol. The van der Waals surface area contributed by atoms with Gasteiger partial charge in [-0.3, -0.25) is 0 Å². The van der Waals surface area contributed by atoms with Gasteiger partial charge in [0, 0.05) is 16.3 Å². The molecule has 2 aliphatic rings. The molecule has 9 aromatic rings. The van der Waals surface area contributed by atoms with Gasteiger partial charge >= 0.3 is 0 Å². The first-order valence-electron chi connectivity index (χ1n) is 17.5. The molecule has 1 heterocycles. The van der Waals surface area contributed by atoms with E-state index in [9.17, 15) is 0 Å². The normalized spacial score (nSPS) is 13.4. The minimum Gasteiger partial charge on any atom is -0.309 e. The van der Waals surface area contributed by atoms with Gasteiger partial charge in [-0.1, -0.05) is 170 Å². The smallest absolute Gasteiger partial charge is 0.0726 e. The molecule has 0 saturated carbocycles. The van der Waals surface area contributed by atoms with Crippen molar-refractivity contribution in [1.82, 2.24) is 4.57 Å². The number of para-hydroxylation sites is 2. The molecular formula is C49H31N. The van der Waals surface area contributed by atoms with Crippen LogP contribution in [0.2, 0.25) is 0 Å². The summed E-state index contributed by atoms with van der Waals surface area (Å²) in [5.41, 5.74) is 18.4. The van der Waals surface area contributed by atoms with Crippen LogP contribution in [0.25, 0.3) is 72.0 Å². The Kier molecular flexibility index (Phi) is 5.66. The Morgan fingerprint density at radius 2 is 0.640 bits per heavy atom. The van der Waals surface area contributed by atoms with Crippen LogP contribution in [0.4, 0.5) is 0 Å². The highest BCUT2D eigenvalue weighted by molar-refractivity contribution is 6.10. The SMILES string of the molecule is c1ccc2c(c1)-c1ccccc1-c1c(-n3c4ccccc4c4ccccc43)cccc1C1(c3ccccc3-2)c2ccccc2-c2ccccc21. The molecule has 50 heavy (non-hydrogen) atoms. The highest BCUT2D eigenvalue weighted by Gasteiger charge is 2.49. The molecule has 0 saturated heterocycles. The Labute approximate surface area is 291 Å². The number of benzene rings is 8. The largest absolute Gasteiger partial charge is 0.309 e. The van der Waals surface area contributed by atoms with Crippen molar-refractivity contribution in [2.75, 3.05) is 0 Å². The van der Waals surface area contributed by atoms with E-state index in [2.05, 4.69) is 193 Å². The van der Waals surface area contributed by atoms with Crippen molar-refractivity contribution in [3.8, 4) is 50.2 Å². The van der Waals surface area contributed by atoms with Crippen LogP contribution in [0, 0.1) is 0 Å². The number of fused-ring (bicyclic) bond motifs is 17. The summed E-state index contributed by atoms with van der Waals surface area (Å²) in [4.78, 5) is 0. The van der Waals surface area contributed by atoms with Gasteiger partial charge < -0.3 is 4.57 Å². The molecule has 8 aromatic carbocycles. The van der Waals surface area contributed by atoms with Gasteiger partial charge in [-0.05, 0) is 79.4 Å². The van der Waals surface area contributed by atoms with Crippen LogP contribution in [-0.2, 0) is 5.41 Å². The van der Waals surface area contributed by atoms with Crippen LogP contribution in [0.5, 0.6) is 0 Å². The van der Waals surface area contributed by atoms with Crippen LogP contribution >= 0.6 is 0 Å². The summed E-state index contributed by atoms with van der Waals surface area (Å²) in [6.45, 7) is 0. The second-order valence-electron chi connectivity index (χ2n) is 13.5. The maximum atomic E-state index is 2.51. The molecule has 1 nitrogen and oxygen atoms in total. The van der Waals surface area contributed by atoms with Gasteiger partial charge in [0.1, 0.15) is 0 Å². The summed E-state index contributed by atoms with van der Waals surface area (Å²) in [5, 5.41) is 2.53. The molecule has 0 atom stereocenters. The Morgan fingerprint density at radius 3 is 1.18 bits per heavy atom. The molecule has 0 bridgehead atoms. The first-order valence-corrected chi connectivity index (χ1v) is 17.5. The highest BCUT2D eigenvalue weighted by Crippen LogP contribution is 2.61. The fourth-order valence-corrected chi connectivity index (χ4v) is 9.40. The Hall–Kier alpha value is -6.44. The summed E-state index contributed by atoms with van der Waals surface area (Å²) in [6.07, 6.45) is 0. The van der Waals surface area contributed by atoms with Crippen molar-refractivity contribution in [2.24, 2.45) is 0 Å². The number of hydrogen-bond acceptors (Lipinski definition) is 0. The second-order valence-corrected chi connectivity index (χ2v) is 13.5. The first-order chi connectivity index (χ1) is 24.9. The van der Waals surface area contributed by atoms with Crippen LogP contribution in [-0.4, -0.2) is 4.57 Å². The molecule has 1 aromatic heterocycles. The second kappa shape index (κ2) is 10.3. The lowest BCUT2D eigenvalue weighted by Gasteiger charge is -2.37. The van der Waals surface area contributed by atoms with E-state index in [-0.39, 0.29) is 0 Å². The molecule has 2 aliphatic carbocycles. The van der Waals surface area contributed by atoms with Crippen molar-refractivity contribution >= 4 is 21.8 Å². The fourth-order valence-electron chi connectivity index (χ4n) is 9.40. The third kappa shape index (κ3) is 3.46. The van der Waals surface area contributed by atoms with E-state index in [1.54, 1.807) is 0 Å². The quantitative estimate of drug-likeness (QED) is 0.169. The Bertz CT molecular complexity index is 2730. The standard InChI is InChI=1S/C49H31N/c1-2-17-33-32(16-1)34-18-3-4-24-40(34)48-44(28-15-31-47(48)50-45-29-13-8-22-38(45)39-23-9-14-30-46(39)50)49(41-25-10-5-19-35(33)41)42-26-11-6-20-36(42)37-21-7-12-27-43(37)49/h1-31H. The van der Waals surface area contributed by atoms with Gasteiger partial charge in [0.25, 0.3) is 0 Å². The average molecular weight is 634 g/mol. The first kappa shape index (κ1) is 27.5. The van der Waals surface area contributed by atoms with Gasteiger partial charge in [0.2, 0.25) is 0 Å². The minimum atomic E-state index is -0.585. The number of hydrogen-bond donors (Lipinski definition) is 0. The van der Waals surface area contributed by atoms with Crippen LogP contribution in [0.15, 0.2) is 188 Å². The zero-order chi connectivity index (χ0) is 32.8. The van der Waals surface area contributed by atoms with Crippen LogP contribution < -0.4 is 0 Å². The van der Waals surface area contributed by atoms with Crippen molar-refractivity contribution in [2.45, 2.75) is 5.41 Å². The van der Waals surface area contributed by atoms with Crippen molar-refractivity contribution < 1.29 is 0 Å². The van der Waals surface area contributed by atoms with Crippen molar-refractivity contribution in [3.05, 3.63) is 210 Å². The lowest BCUT2D eigenvalue weighted by atomic mass is 9.64. The predicted octanol–water partition coefficient (Wildman–Crippen LogP) is 12.5. The predicted molar refractivity (Wildman–Crippen MR) is 208 cm³/mol. The highest BCUT2D eigenvalue weighted by atomic mass is 15.0. The number of aromatic nitrogens is 1. The van der Waals surface area contributed by atoms with E-state index >= 15 is 0 Å². The van der Waals surface area contributed by atoms with Gasteiger partial charge in [0.15, 0.2) is 0 Å². The zero-order valence-corrected chi connectivity index (χ0v) is 27.3. The average Bonchev–Trinajstić information content (AvgIpc) is 3.69. The molecule has 0 aliphatic heterocycles. The lowest BCUT2D eigenvalue weighted by molar-refractivity contribution is 0.772. The summed E-state index contributed by atoms with van der Waals surface area (Å²) >= 11 is 0. The summed E-state index contributed by atoms with van der Waals surface area (Å²) in [6, 6.07) is 70.2. The van der Waals surface area contributed by atoms with Crippen molar-refractivity contribution in [1.29, 1.82) is 0 Å². The molecule has 232 valence electrons. The lowest BCUT2D eigenvalue weighted by Crippen LogP contribution is -2.30. The summed E-state index contributed by atoms with van der Waals surface area (Å²) in [5.74, 6) is 0. The molecule has 0 unspecified atom stereocenters. The molecule has 1 heteroatoms. The van der Waals surface area contributed by atoms with Gasteiger partial charge in [-0.2, -0.15) is 0 Å². The zero-order valence-electron chi connectivity index (χ0n) is 27.3. The third-order valence-corrected chi connectivity index (χ3v) is 11.3. The van der Waals surface area contributed by atoms with Crippen LogP contribution in [0.3, 0.4) is 0 Å². The summed E-state index contributed by atoms with van der Waals surface area (Å²) < 4.78 is 2.51. The van der Waals surface area contributed by atoms with Gasteiger partial charge in [0.05, 0.1) is 22.1 Å². The van der Waals surface area contributed by atoms with Crippen LogP contribution in [0.1, 0.15) is 22.3 Å². The Morgan fingerprint density at radius 1 is 0.280 bits per heavy atom. The number of nitrogens with zero attached hydrogens (tertiary/aromatic N) is 1. The molecule has 0 radical (unpaired) electrons. The molecule has 0 N–H and O–H groups in total. The van der Waals surface area contributed by atoms with Gasteiger partial charge in [-0.15, -0.1) is 0 Å². The van der Waals surface area contributed by atoms with E-state index in [0.717, 1.165) is 0 Å². The van der Waals surface area contributed by atoms with E-state index < -0.39 is 5.41 Å². The third-order valence-electron chi connectivity index (χ3n) is 11.3. The maximum Gasteiger partial charge on any atom is 0.0726 e. The van der Waals surface area contributed by atoms with E-state index in [0.29, 0.717) is 0 Å². The van der Waals surface area contributed by atoms with E-state index in [1.807, 2.05) is 0 Å². The monoisotopic (exact) mass is 633 g/mol. The summed E-state index contributed by atoms with van der Waals surface area (Å²) in [7, 11) is 0. The molecule has 0 fully saturated rings. The topological polar surface area (TPSA) is 4.93 Å². The fraction of sp³-hybridized carbons (Fsp3) is 0.0204. The molecule has 1 spiro atoms. The van der Waals surface area contributed by atoms with Crippen molar-refractivity contribution in [3.63, 3.8) is 0 Å².